The highest BCUT2D eigenvalue weighted by molar-refractivity contribution is 5.68. The third-order valence-electron chi connectivity index (χ3n) is 2.75. The van der Waals surface area contributed by atoms with E-state index >= 15 is 0 Å². The van der Waals surface area contributed by atoms with Crippen molar-refractivity contribution in [3.63, 3.8) is 0 Å². The zero-order chi connectivity index (χ0) is 12.3. The van der Waals surface area contributed by atoms with Crippen LogP contribution in [0.5, 0.6) is 0 Å². The summed E-state index contributed by atoms with van der Waals surface area (Å²) < 4.78 is 17.9. The summed E-state index contributed by atoms with van der Waals surface area (Å²) in [6, 6.07) is 5.73. The number of hydrogen-bond donors (Lipinski definition) is 1. The van der Waals surface area contributed by atoms with Crippen molar-refractivity contribution in [1.82, 2.24) is 4.90 Å². The van der Waals surface area contributed by atoms with Crippen LogP contribution in [0.15, 0.2) is 24.3 Å². The molecule has 0 bridgehead atoms. The van der Waals surface area contributed by atoms with Gasteiger partial charge in [0.15, 0.2) is 0 Å². The summed E-state index contributed by atoms with van der Waals surface area (Å²) in [6.07, 6.45) is 0.463. The van der Waals surface area contributed by atoms with Crippen LogP contribution in [-0.4, -0.2) is 30.7 Å². The molecule has 1 fully saturated rings. The number of carbonyl (C=O) groups excluding carboxylic acids is 1. The van der Waals surface area contributed by atoms with Crippen molar-refractivity contribution in [3.8, 4) is 0 Å². The van der Waals surface area contributed by atoms with E-state index in [1.54, 1.807) is 17.0 Å². The predicted octanol–water partition coefficient (Wildman–Crippen LogP) is 1.67. The van der Waals surface area contributed by atoms with E-state index in [0.29, 0.717) is 25.3 Å². The maximum Gasteiger partial charge on any atom is 0.409 e. The molecule has 1 amide bonds. The fourth-order valence-corrected chi connectivity index (χ4v) is 1.84. The van der Waals surface area contributed by atoms with Gasteiger partial charge in [-0.15, -0.1) is 0 Å². The van der Waals surface area contributed by atoms with E-state index in [9.17, 15) is 9.18 Å². The maximum absolute atomic E-state index is 13.0. The van der Waals surface area contributed by atoms with Gasteiger partial charge in [0.25, 0.3) is 0 Å². The van der Waals surface area contributed by atoms with Gasteiger partial charge < -0.3 is 15.4 Å². The summed E-state index contributed by atoms with van der Waals surface area (Å²) >= 11 is 0. The minimum atomic E-state index is -0.392. The van der Waals surface area contributed by atoms with Crippen LogP contribution in [0.1, 0.15) is 18.0 Å². The van der Waals surface area contributed by atoms with Gasteiger partial charge in [0.1, 0.15) is 5.82 Å². The fourth-order valence-electron chi connectivity index (χ4n) is 1.84. The first kappa shape index (κ1) is 11.9. The van der Waals surface area contributed by atoms with E-state index in [1.807, 2.05) is 0 Å². The smallest absolute Gasteiger partial charge is 0.409 e. The number of amides is 1. The third kappa shape index (κ3) is 2.94. The molecule has 17 heavy (non-hydrogen) atoms. The van der Waals surface area contributed by atoms with Gasteiger partial charge in [-0.2, -0.15) is 0 Å². The first-order chi connectivity index (χ1) is 8.16. The van der Waals surface area contributed by atoms with Crippen LogP contribution in [0.25, 0.3) is 0 Å². The van der Waals surface area contributed by atoms with Crippen molar-refractivity contribution in [2.75, 3.05) is 19.7 Å². The largest absolute Gasteiger partial charge is 0.449 e. The van der Waals surface area contributed by atoms with E-state index in [2.05, 4.69) is 0 Å². The molecule has 1 aromatic rings. The molecule has 0 aliphatic carbocycles. The van der Waals surface area contributed by atoms with Gasteiger partial charge in [0.05, 0.1) is 6.61 Å². The number of ether oxygens (including phenoxy) is 1. The Morgan fingerprint density at radius 2 is 2.35 bits per heavy atom. The van der Waals surface area contributed by atoms with Crippen molar-refractivity contribution in [1.29, 1.82) is 0 Å². The van der Waals surface area contributed by atoms with Crippen molar-refractivity contribution in [2.24, 2.45) is 5.73 Å². The highest BCUT2D eigenvalue weighted by Crippen LogP contribution is 2.15. The van der Waals surface area contributed by atoms with Crippen LogP contribution in [0.3, 0.4) is 0 Å². The Hall–Kier alpha value is -1.62. The predicted molar refractivity (Wildman–Crippen MR) is 60.9 cm³/mol. The summed E-state index contributed by atoms with van der Waals surface area (Å²) in [7, 11) is 0. The van der Waals surface area contributed by atoms with Crippen LogP contribution in [-0.2, 0) is 4.74 Å². The van der Waals surface area contributed by atoms with Crippen LogP contribution >= 0.6 is 0 Å². The highest BCUT2D eigenvalue weighted by atomic mass is 19.1. The molecule has 1 atom stereocenters. The van der Waals surface area contributed by atoms with Crippen LogP contribution in [0.4, 0.5) is 9.18 Å². The molecule has 1 aliphatic rings. The van der Waals surface area contributed by atoms with E-state index in [-0.39, 0.29) is 11.9 Å². The summed E-state index contributed by atoms with van der Waals surface area (Å²) in [6.45, 7) is 1.45. The van der Waals surface area contributed by atoms with Gasteiger partial charge in [-0.1, -0.05) is 12.1 Å². The van der Waals surface area contributed by atoms with Gasteiger partial charge in [-0.05, 0) is 24.1 Å². The zero-order valence-corrected chi connectivity index (χ0v) is 9.43. The molecule has 1 unspecified atom stereocenters. The van der Waals surface area contributed by atoms with Gasteiger partial charge in [0, 0.05) is 19.1 Å². The molecule has 0 radical (unpaired) electrons. The number of nitrogens with zero attached hydrogens (tertiary/aromatic N) is 1. The maximum atomic E-state index is 13.0. The van der Waals surface area contributed by atoms with Crippen molar-refractivity contribution in [2.45, 2.75) is 12.5 Å². The van der Waals surface area contributed by atoms with Gasteiger partial charge in [-0.3, -0.25) is 0 Å². The minimum absolute atomic E-state index is 0.320. The second-order valence-corrected chi connectivity index (χ2v) is 4.08. The van der Waals surface area contributed by atoms with Crippen LogP contribution < -0.4 is 5.73 Å². The molecule has 2 rings (SSSR count). The molecule has 1 aliphatic heterocycles. The van der Waals surface area contributed by atoms with Crippen molar-refractivity contribution in [3.05, 3.63) is 35.6 Å². The van der Waals surface area contributed by atoms with Gasteiger partial charge in [0.2, 0.25) is 0 Å². The SMILES string of the molecule is NC(CN1CCCOC1=O)c1cccc(F)c1. The lowest BCUT2D eigenvalue weighted by Gasteiger charge is -2.28. The van der Waals surface area contributed by atoms with Gasteiger partial charge in [-0.25, -0.2) is 9.18 Å². The summed E-state index contributed by atoms with van der Waals surface area (Å²) in [5.41, 5.74) is 6.62. The monoisotopic (exact) mass is 238 g/mol. The molecule has 5 heteroatoms. The van der Waals surface area contributed by atoms with Gasteiger partial charge >= 0.3 is 6.09 Å². The third-order valence-corrected chi connectivity index (χ3v) is 2.75. The Kier molecular flexibility index (Phi) is 3.58. The lowest BCUT2D eigenvalue weighted by atomic mass is 10.1. The Bertz CT molecular complexity index is 411. The van der Waals surface area contributed by atoms with Crippen molar-refractivity contribution >= 4 is 6.09 Å². The Morgan fingerprint density at radius 1 is 1.53 bits per heavy atom. The molecule has 1 saturated heterocycles. The molecule has 2 N–H and O–H groups in total. The molecule has 92 valence electrons. The average Bonchev–Trinajstić information content (AvgIpc) is 2.32. The summed E-state index contributed by atoms with van der Waals surface area (Å²) in [5, 5.41) is 0. The molecular weight excluding hydrogens is 223 g/mol. The molecule has 1 heterocycles. The minimum Gasteiger partial charge on any atom is -0.449 e. The average molecular weight is 238 g/mol. The summed E-state index contributed by atoms with van der Waals surface area (Å²) in [5.74, 6) is -0.320. The first-order valence-corrected chi connectivity index (χ1v) is 5.59. The molecule has 4 nitrogen and oxygen atoms in total. The first-order valence-electron chi connectivity index (χ1n) is 5.59. The van der Waals surface area contributed by atoms with E-state index in [0.717, 1.165) is 6.42 Å². The molecule has 0 spiro atoms. The number of halogens is 1. The molecular formula is C12H15FN2O2. The molecule has 0 saturated carbocycles. The normalized spacial score (nSPS) is 17.8. The second kappa shape index (κ2) is 5.14. The lowest BCUT2D eigenvalue weighted by Crippen LogP contribution is -2.41. The Morgan fingerprint density at radius 3 is 3.06 bits per heavy atom. The topological polar surface area (TPSA) is 55.6 Å². The van der Waals surface area contributed by atoms with Crippen LogP contribution in [0, 0.1) is 5.82 Å². The number of cyclic esters (lactones) is 1. The lowest BCUT2D eigenvalue weighted by molar-refractivity contribution is 0.0706. The molecule has 1 aromatic carbocycles. The van der Waals surface area contributed by atoms with E-state index < -0.39 is 6.04 Å². The number of rotatable bonds is 3. The van der Waals surface area contributed by atoms with E-state index in [1.165, 1.54) is 12.1 Å². The van der Waals surface area contributed by atoms with Crippen molar-refractivity contribution < 1.29 is 13.9 Å². The Balaban J connectivity index is 2.00. The quantitative estimate of drug-likeness (QED) is 0.871. The van der Waals surface area contributed by atoms with E-state index in [4.69, 9.17) is 10.5 Å². The molecule has 0 aromatic heterocycles. The number of hydrogen-bond acceptors (Lipinski definition) is 3. The Labute approximate surface area is 99.2 Å². The number of nitrogens with two attached hydrogens (primary N) is 1. The second-order valence-electron chi connectivity index (χ2n) is 4.08. The van der Waals surface area contributed by atoms with Crippen LogP contribution in [0.2, 0.25) is 0 Å². The standard InChI is InChI=1S/C12H15FN2O2/c13-10-4-1-3-9(7-10)11(14)8-15-5-2-6-17-12(15)16/h1,3-4,7,11H,2,5-6,8,14H2. The number of carbonyl (C=O) groups is 1. The zero-order valence-electron chi connectivity index (χ0n) is 9.43. The fraction of sp³-hybridized carbons (Fsp3) is 0.417. The highest BCUT2D eigenvalue weighted by Gasteiger charge is 2.22. The summed E-state index contributed by atoms with van der Waals surface area (Å²) in [4.78, 5) is 13.0. The number of benzene rings is 1.